The van der Waals surface area contributed by atoms with Crippen LogP contribution in [0.4, 0.5) is 0 Å². The Hall–Kier alpha value is -0.350. The number of nitrogens with zero attached hydrogens (tertiary/aromatic N) is 3. The Morgan fingerprint density at radius 3 is 2.58 bits per heavy atom. The van der Waals surface area contributed by atoms with Gasteiger partial charge in [-0.2, -0.15) is 5.10 Å². The molecule has 1 aromatic heterocycles. The smallest absolute Gasteiger partial charge is 0.0625 e. The zero-order valence-corrected chi connectivity index (χ0v) is 14.0. The number of piperidine rings is 1. The van der Waals surface area contributed by atoms with Crippen LogP contribution in [0, 0.1) is 5.92 Å². The largest absolute Gasteiger partial charge is 0.298 e. The van der Waals surface area contributed by atoms with Crippen molar-refractivity contribution in [3.05, 3.63) is 17.5 Å². The fourth-order valence-corrected chi connectivity index (χ4v) is 3.42. The Kier molecular flexibility index (Phi) is 5.46. The lowest BCUT2D eigenvalue weighted by molar-refractivity contribution is 0.174. The maximum absolute atomic E-state index is 4.64. The normalized spacial score (nSPS) is 19.8. The Bertz CT molecular complexity index is 392. The van der Waals surface area contributed by atoms with E-state index in [4.69, 9.17) is 0 Å². The molecule has 19 heavy (non-hydrogen) atoms. The highest BCUT2D eigenvalue weighted by Gasteiger charge is 2.23. The lowest BCUT2D eigenvalue weighted by Gasteiger charge is -2.33. The van der Waals surface area contributed by atoms with Crippen LogP contribution in [0.2, 0.25) is 0 Å². The van der Waals surface area contributed by atoms with Crippen molar-refractivity contribution in [3.63, 3.8) is 0 Å². The first kappa shape index (κ1) is 15.0. The van der Waals surface area contributed by atoms with E-state index in [1.54, 1.807) is 0 Å². The van der Waals surface area contributed by atoms with Crippen molar-refractivity contribution in [3.8, 4) is 0 Å². The van der Waals surface area contributed by atoms with Gasteiger partial charge in [-0.3, -0.25) is 9.58 Å². The van der Waals surface area contributed by atoms with Crippen LogP contribution >= 0.6 is 15.9 Å². The van der Waals surface area contributed by atoms with Crippen molar-refractivity contribution < 1.29 is 0 Å². The Labute approximate surface area is 125 Å². The van der Waals surface area contributed by atoms with Crippen molar-refractivity contribution in [2.24, 2.45) is 5.92 Å². The summed E-state index contributed by atoms with van der Waals surface area (Å²) in [5.74, 6) is 0.846. The number of rotatable bonds is 5. The lowest BCUT2D eigenvalue weighted by Crippen LogP contribution is -2.35. The number of alkyl halides is 1. The van der Waals surface area contributed by atoms with Crippen LogP contribution in [0.1, 0.15) is 45.0 Å². The predicted octanol–water partition coefficient (Wildman–Crippen LogP) is 3.46. The Morgan fingerprint density at radius 1 is 1.37 bits per heavy atom. The first-order valence-corrected chi connectivity index (χ1v) is 8.47. The van der Waals surface area contributed by atoms with Gasteiger partial charge in [0.2, 0.25) is 0 Å². The average molecular weight is 328 g/mol. The molecule has 0 aliphatic carbocycles. The third-order valence-corrected chi connectivity index (χ3v) is 4.99. The van der Waals surface area contributed by atoms with Crippen LogP contribution in [-0.4, -0.2) is 32.6 Å². The summed E-state index contributed by atoms with van der Waals surface area (Å²) in [5, 5.41) is 4.64. The van der Waals surface area contributed by atoms with Crippen LogP contribution in [0.3, 0.4) is 0 Å². The molecule has 1 aromatic rings. The SMILES string of the molecule is CCc1cc(CN2CCC(C(C)Br)CC2)n(CC)n1. The quantitative estimate of drug-likeness (QED) is 0.772. The van der Waals surface area contributed by atoms with Gasteiger partial charge in [0.05, 0.1) is 11.4 Å². The summed E-state index contributed by atoms with van der Waals surface area (Å²) in [4.78, 5) is 3.23. The van der Waals surface area contributed by atoms with Gasteiger partial charge in [0.25, 0.3) is 0 Å². The van der Waals surface area contributed by atoms with Crippen molar-refractivity contribution in [1.82, 2.24) is 14.7 Å². The zero-order chi connectivity index (χ0) is 13.8. The molecule has 0 spiro atoms. The molecule has 2 rings (SSSR count). The fourth-order valence-electron chi connectivity index (χ4n) is 2.89. The standard InChI is InChI=1S/C15H26BrN3/c1-4-14-10-15(19(5-2)17-14)11-18-8-6-13(7-9-18)12(3)16/h10,12-13H,4-9,11H2,1-3H3. The molecule has 0 amide bonds. The number of halogens is 1. The zero-order valence-electron chi connectivity index (χ0n) is 12.4. The summed E-state index contributed by atoms with van der Waals surface area (Å²) >= 11 is 3.73. The molecule has 1 unspecified atom stereocenters. The third kappa shape index (κ3) is 3.82. The molecular weight excluding hydrogens is 302 g/mol. The summed E-state index contributed by atoms with van der Waals surface area (Å²) < 4.78 is 2.16. The van der Waals surface area contributed by atoms with Gasteiger partial charge in [-0.15, -0.1) is 0 Å². The molecule has 0 bridgehead atoms. The number of likely N-dealkylation sites (tertiary alicyclic amines) is 1. The molecule has 1 atom stereocenters. The van der Waals surface area contributed by atoms with Crippen LogP contribution in [0.25, 0.3) is 0 Å². The fraction of sp³-hybridized carbons (Fsp3) is 0.800. The molecule has 0 aromatic carbocycles. The summed E-state index contributed by atoms with van der Waals surface area (Å²) in [6.45, 7) is 11.1. The minimum atomic E-state index is 0.655. The van der Waals surface area contributed by atoms with E-state index in [0.29, 0.717) is 4.83 Å². The highest BCUT2D eigenvalue weighted by atomic mass is 79.9. The molecule has 3 nitrogen and oxygen atoms in total. The minimum Gasteiger partial charge on any atom is -0.298 e. The number of aromatic nitrogens is 2. The van der Waals surface area contributed by atoms with Gasteiger partial charge in [-0.25, -0.2) is 0 Å². The van der Waals surface area contributed by atoms with Gasteiger partial charge in [0, 0.05) is 17.9 Å². The summed E-state index contributed by atoms with van der Waals surface area (Å²) in [6, 6.07) is 2.28. The van der Waals surface area contributed by atoms with Gasteiger partial charge in [0.1, 0.15) is 0 Å². The minimum absolute atomic E-state index is 0.655. The lowest BCUT2D eigenvalue weighted by atomic mass is 9.94. The van der Waals surface area contributed by atoms with Gasteiger partial charge in [-0.1, -0.05) is 29.8 Å². The summed E-state index contributed by atoms with van der Waals surface area (Å²) in [6.07, 6.45) is 3.66. The van der Waals surface area contributed by atoms with E-state index in [1.807, 2.05) is 0 Å². The van der Waals surface area contributed by atoms with Crippen molar-refractivity contribution in [1.29, 1.82) is 0 Å². The van der Waals surface area contributed by atoms with Crippen molar-refractivity contribution in [2.45, 2.75) is 58.0 Å². The van der Waals surface area contributed by atoms with E-state index < -0.39 is 0 Å². The average Bonchev–Trinajstić information content (AvgIpc) is 2.81. The summed E-state index contributed by atoms with van der Waals surface area (Å²) in [5.41, 5.74) is 2.60. The molecule has 1 aliphatic heterocycles. The monoisotopic (exact) mass is 327 g/mol. The molecule has 108 valence electrons. The maximum Gasteiger partial charge on any atom is 0.0625 e. The Morgan fingerprint density at radius 2 is 2.05 bits per heavy atom. The second-order valence-electron chi connectivity index (χ2n) is 5.59. The molecular formula is C15H26BrN3. The molecule has 1 saturated heterocycles. The number of aryl methyl sites for hydroxylation is 2. The van der Waals surface area contributed by atoms with E-state index in [-0.39, 0.29) is 0 Å². The second-order valence-corrected chi connectivity index (χ2v) is 7.03. The van der Waals surface area contributed by atoms with E-state index in [9.17, 15) is 0 Å². The van der Waals surface area contributed by atoms with E-state index >= 15 is 0 Å². The number of hydrogen-bond donors (Lipinski definition) is 0. The molecule has 0 N–H and O–H groups in total. The highest BCUT2D eigenvalue weighted by molar-refractivity contribution is 9.09. The first-order chi connectivity index (χ1) is 9.13. The molecule has 1 aliphatic rings. The number of hydrogen-bond acceptors (Lipinski definition) is 2. The third-order valence-electron chi connectivity index (χ3n) is 4.24. The van der Waals surface area contributed by atoms with E-state index in [2.05, 4.69) is 57.4 Å². The summed E-state index contributed by atoms with van der Waals surface area (Å²) in [7, 11) is 0. The predicted molar refractivity (Wildman–Crippen MR) is 83.7 cm³/mol. The van der Waals surface area contributed by atoms with Gasteiger partial charge in [0.15, 0.2) is 0 Å². The van der Waals surface area contributed by atoms with Gasteiger partial charge in [-0.05, 0) is 51.3 Å². The van der Waals surface area contributed by atoms with Crippen LogP contribution in [0.5, 0.6) is 0 Å². The second kappa shape index (κ2) is 6.89. The maximum atomic E-state index is 4.64. The Balaban J connectivity index is 1.93. The first-order valence-electron chi connectivity index (χ1n) is 7.56. The van der Waals surface area contributed by atoms with Crippen LogP contribution in [-0.2, 0) is 19.5 Å². The molecule has 0 saturated carbocycles. The van der Waals surface area contributed by atoms with Gasteiger partial charge >= 0.3 is 0 Å². The molecule has 2 heterocycles. The molecule has 0 radical (unpaired) electrons. The highest BCUT2D eigenvalue weighted by Crippen LogP contribution is 2.25. The van der Waals surface area contributed by atoms with Crippen LogP contribution < -0.4 is 0 Å². The van der Waals surface area contributed by atoms with Crippen molar-refractivity contribution in [2.75, 3.05) is 13.1 Å². The van der Waals surface area contributed by atoms with E-state index in [0.717, 1.165) is 25.4 Å². The molecule has 4 heteroatoms. The molecule has 1 fully saturated rings. The van der Waals surface area contributed by atoms with E-state index in [1.165, 1.54) is 37.3 Å². The van der Waals surface area contributed by atoms with Gasteiger partial charge < -0.3 is 0 Å². The van der Waals surface area contributed by atoms with Crippen molar-refractivity contribution >= 4 is 15.9 Å². The van der Waals surface area contributed by atoms with Crippen LogP contribution in [0.15, 0.2) is 6.07 Å². The topological polar surface area (TPSA) is 21.1 Å².